The van der Waals surface area contributed by atoms with Crippen LogP contribution in [0.3, 0.4) is 0 Å². The van der Waals surface area contributed by atoms with Crippen LogP contribution in [-0.4, -0.2) is 19.7 Å². The van der Waals surface area contributed by atoms with Gasteiger partial charge in [-0.15, -0.1) is 0 Å². The summed E-state index contributed by atoms with van der Waals surface area (Å²) >= 11 is 0. The number of anilines is 2. The van der Waals surface area contributed by atoms with Gasteiger partial charge in [-0.2, -0.15) is 5.10 Å². The first kappa shape index (κ1) is 9.64. The predicted molar refractivity (Wildman–Crippen MR) is 57.8 cm³/mol. The van der Waals surface area contributed by atoms with Crippen molar-refractivity contribution in [1.82, 2.24) is 19.7 Å². The van der Waals surface area contributed by atoms with Crippen molar-refractivity contribution in [3.63, 3.8) is 0 Å². The number of hydrogen-bond donors (Lipinski definition) is 1. The van der Waals surface area contributed by atoms with Crippen molar-refractivity contribution in [1.29, 1.82) is 0 Å². The van der Waals surface area contributed by atoms with Gasteiger partial charge in [-0.3, -0.25) is 4.68 Å². The Hall–Kier alpha value is -1.91. The molecule has 0 unspecified atom stereocenters. The van der Waals surface area contributed by atoms with Gasteiger partial charge in [0.15, 0.2) is 0 Å². The molecule has 0 radical (unpaired) electrons. The zero-order chi connectivity index (χ0) is 10.5. The minimum atomic E-state index is 0.591. The van der Waals surface area contributed by atoms with Gasteiger partial charge in [0, 0.05) is 25.1 Å². The van der Waals surface area contributed by atoms with Crippen molar-refractivity contribution in [2.24, 2.45) is 0 Å². The molecule has 5 nitrogen and oxygen atoms in total. The minimum absolute atomic E-state index is 0.591. The van der Waals surface area contributed by atoms with Crippen LogP contribution in [0.1, 0.15) is 13.3 Å². The maximum absolute atomic E-state index is 4.20. The van der Waals surface area contributed by atoms with Crippen LogP contribution in [-0.2, 0) is 6.54 Å². The van der Waals surface area contributed by atoms with E-state index in [1.165, 1.54) is 0 Å². The molecule has 5 heteroatoms. The Morgan fingerprint density at radius 2 is 2.13 bits per heavy atom. The van der Waals surface area contributed by atoms with Gasteiger partial charge in [-0.1, -0.05) is 6.92 Å². The van der Waals surface area contributed by atoms with Crippen molar-refractivity contribution in [2.75, 3.05) is 5.32 Å². The number of nitrogens with zero attached hydrogens (tertiary/aromatic N) is 4. The summed E-state index contributed by atoms with van der Waals surface area (Å²) in [7, 11) is 0. The third-order valence-corrected chi connectivity index (χ3v) is 1.91. The summed E-state index contributed by atoms with van der Waals surface area (Å²) < 4.78 is 1.89. The van der Waals surface area contributed by atoms with Crippen LogP contribution in [0.25, 0.3) is 0 Å². The summed E-state index contributed by atoms with van der Waals surface area (Å²) in [6.45, 7) is 3.05. The van der Waals surface area contributed by atoms with E-state index in [2.05, 4.69) is 27.3 Å². The lowest BCUT2D eigenvalue weighted by Gasteiger charge is -1.99. The highest BCUT2D eigenvalue weighted by atomic mass is 15.3. The Morgan fingerprint density at radius 3 is 2.87 bits per heavy atom. The second-order valence-electron chi connectivity index (χ2n) is 3.19. The van der Waals surface area contributed by atoms with Crippen LogP contribution in [0, 0.1) is 0 Å². The fourth-order valence-electron chi connectivity index (χ4n) is 1.27. The molecule has 2 aromatic rings. The van der Waals surface area contributed by atoms with Crippen molar-refractivity contribution in [3.05, 3.63) is 30.9 Å². The lowest BCUT2D eigenvalue weighted by molar-refractivity contribution is 0.603. The molecule has 0 atom stereocenters. The molecule has 15 heavy (non-hydrogen) atoms. The summed E-state index contributed by atoms with van der Waals surface area (Å²) in [5.74, 6) is 0.591. The maximum atomic E-state index is 4.20. The molecule has 2 heterocycles. The molecule has 0 saturated heterocycles. The highest BCUT2D eigenvalue weighted by Gasteiger charge is 1.99. The molecule has 2 rings (SSSR count). The quantitative estimate of drug-likeness (QED) is 0.823. The summed E-state index contributed by atoms with van der Waals surface area (Å²) in [6.07, 6.45) is 8.19. The van der Waals surface area contributed by atoms with Crippen molar-refractivity contribution < 1.29 is 0 Å². The van der Waals surface area contributed by atoms with E-state index in [0.717, 1.165) is 18.7 Å². The Labute approximate surface area is 88.2 Å². The molecular formula is C10H13N5. The number of hydrogen-bond acceptors (Lipinski definition) is 4. The van der Waals surface area contributed by atoms with Crippen molar-refractivity contribution in [3.8, 4) is 0 Å². The molecule has 78 valence electrons. The SMILES string of the molecule is CCCn1cc(Nc2ncccn2)cn1. The van der Waals surface area contributed by atoms with Gasteiger partial charge in [0.2, 0.25) is 5.95 Å². The van der Waals surface area contributed by atoms with E-state index in [9.17, 15) is 0 Å². The van der Waals surface area contributed by atoms with Crippen molar-refractivity contribution >= 4 is 11.6 Å². The molecule has 0 fully saturated rings. The van der Waals surface area contributed by atoms with Gasteiger partial charge in [0.1, 0.15) is 0 Å². The van der Waals surface area contributed by atoms with E-state index in [1.54, 1.807) is 24.7 Å². The molecule has 0 amide bonds. The second-order valence-corrected chi connectivity index (χ2v) is 3.19. The highest BCUT2D eigenvalue weighted by molar-refractivity contribution is 5.49. The monoisotopic (exact) mass is 203 g/mol. The van der Waals surface area contributed by atoms with Crippen LogP contribution in [0.15, 0.2) is 30.9 Å². The third kappa shape index (κ3) is 2.52. The Kier molecular flexibility index (Phi) is 2.92. The molecule has 1 N–H and O–H groups in total. The van der Waals surface area contributed by atoms with E-state index >= 15 is 0 Å². The van der Waals surface area contributed by atoms with Gasteiger partial charge in [-0.25, -0.2) is 9.97 Å². The molecule has 0 aliphatic carbocycles. The Morgan fingerprint density at radius 1 is 1.33 bits per heavy atom. The minimum Gasteiger partial charge on any atom is -0.321 e. The molecule has 0 saturated carbocycles. The van der Waals surface area contributed by atoms with Gasteiger partial charge < -0.3 is 5.32 Å². The lowest BCUT2D eigenvalue weighted by Crippen LogP contribution is -1.96. The largest absolute Gasteiger partial charge is 0.321 e. The van der Waals surface area contributed by atoms with Crippen LogP contribution in [0.2, 0.25) is 0 Å². The first-order valence-electron chi connectivity index (χ1n) is 4.95. The normalized spacial score (nSPS) is 10.2. The van der Waals surface area contributed by atoms with Gasteiger partial charge in [0.05, 0.1) is 11.9 Å². The van der Waals surface area contributed by atoms with Gasteiger partial charge in [-0.05, 0) is 12.5 Å². The molecule has 0 aliphatic heterocycles. The topological polar surface area (TPSA) is 55.6 Å². The van der Waals surface area contributed by atoms with Crippen LogP contribution >= 0.6 is 0 Å². The van der Waals surface area contributed by atoms with E-state index in [4.69, 9.17) is 0 Å². The van der Waals surface area contributed by atoms with Gasteiger partial charge in [0.25, 0.3) is 0 Å². The average Bonchev–Trinajstić information content (AvgIpc) is 2.68. The van der Waals surface area contributed by atoms with Crippen molar-refractivity contribution in [2.45, 2.75) is 19.9 Å². The fourth-order valence-corrected chi connectivity index (χ4v) is 1.27. The zero-order valence-corrected chi connectivity index (χ0v) is 8.59. The summed E-state index contributed by atoms with van der Waals surface area (Å²) in [5, 5.41) is 7.28. The number of rotatable bonds is 4. The molecule has 0 aliphatic rings. The molecule has 2 aromatic heterocycles. The zero-order valence-electron chi connectivity index (χ0n) is 8.59. The average molecular weight is 203 g/mol. The number of aryl methyl sites for hydroxylation is 1. The Balaban J connectivity index is 2.05. The van der Waals surface area contributed by atoms with Crippen LogP contribution in [0.5, 0.6) is 0 Å². The Bertz CT molecular complexity index is 409. The van der Waals surface area contributed by atoms with Gasteiger partial charge >= 0.3 is 0 Å². The molecule has 0 aromatic carbocycles. The second kappa shape index (κ2) is 4.54. The smallest absolute Gasteiger partial charge is 0.227 e. The van der Waals surface area contributed by atoms with E-state index < -0.39 is 0 Å². The number of aromatic nitrogens is 4. The molecular weight excluding hydrogens is 190 g/mol. The summed E-state index contributed by atoms with van der Waals surface area (Å²) in [6, 6.07) is 1.78. The third-order valence-electron chi connectivity index (χ3n) is 1.91. The first-order valence-corrected chi connectivity index (χ1v) is 4.95. The predicted octanol–water partition coefficient (Wildman–Crippen LogP) is 1.83. The van der Waals surface area contributed by atoms with Crippen LogP contribution < -0.4 is 5.32 Å². The summed E-state index contributed by atoms with van der Waals surface area (Å²) in [5.41, 5.74) is 0.912. The first-order chi connectivity index (χ1) is 7.38. The molecule has 0 spiro atoms. The highest BCUT2D eigenvalue weighted by Crippen LogP contribution is 2.10. The molecule has 0 bridgehead atoms. The standard InChI is InChI=1S/C10H13N5/c1-2-6-15-8-9(7-13-15)14-10-11-4-3-5-12-10/h3-5,7-8H,2,6H2,1H3,(H,11,12,14). The van der Waals surface area contributed by atoms with E-state index in [1.807, 2.05) is 10.9 Å². The lowest BCUT2D eigenvalue weighted by atomic mass is 10.5. The van der Waals surface area contributed by atoms with E-state index in [-0.39, 0.29) is 0 Å². The fraction of sp³-hybridized carbons (Fsp3) is 0.300. The number of nitrogens with one attached hydrogen (secondary N) is 1. The van der Waals surface area contributed by atoms with Crippen LogP contribution in [0.4, 0.5) is 11.6 Å². The van der Waals surface area contributed by atoms with E-state index in [0.29, 0.717) is 5.95 Å². The maximum Gasteiger partial charge on any atom is 0.227 e. The summed E-state index contributed by atoms with van der Waals surface area (Å²) in [4.78, 5) is 8.14.